The minimum absolute atomic E-state index is 0.0563. The van der Waals surface area contributed by atoms with Gasteiger partial charge in [-0.2, -0.15) is 10.2 Å². The highest BCUT2D eigenvalue weighted by Crippen LogP contribution is 2.59. The van der Waals surface area contributed by atoms with E-state index in [0.29, 0.717) is 6.42 Å². The van der Waals surface area contributed by atoms with Gasteiger partial charge in [0.05, 0.1) is 22.8 Å². The van der Waals surface area contributed by atoms with Gasteiger partial charge in [-0.15, -0.1) is 0 Å². The summed E-state index contributed by atoms with van der Waals surface area (Å²) in [6.45, 7) is 8.32. The van der Waals surface area contributed by atoms with Crippen molar-refractivity contribution in [3.63, 3.8) is 0 Å². The van der Waals surface area contributed by atoms with Gasteiger partial charge in [0.1, 0.15) is 11.6 Å². The van der Waals surface area contributed by atoms with Crippen molar-refractivity contribution in [1.82, 2.24) is 4.90 Å². The Morgan fingerprint density at radius 2 is 1.85 bits per heavy atom. The van der Waals surface area contributed by atoms with E-state index in [1.807, 2.05) is 25.8 Å². The summed E-state index contributed by atoms with van der Waals surface area (Å²) in [5.74, 6) is -1.20. The van der Waals surface area contributed by atoms with E-state index in [1.165, 1.54) is 25.2 Å². The van der Waals surface area contributed by atoms with E-state index in [0.717, 1.165) is 32.1 Å². The highest BCUT2D eigenvalue weighted by Gasteiger charge is 2.57. The SMILES string of the molecule is CN=N/C(=C\C(C)C1CC[C@](C)(C(=O)N(C)C2CCCC(O)C2)C1(C)C)c1c(F)cccc1F. The third kappa shape index (κ3) is 4.81. The Morgan fingerprint density at radius 1 is 1.21 bits per heavy atom. The van der Waals surface area contributed by atoms with Crippen LogP contribution in [0.2, 0.25) is 0 Å². The van der Waals surface area contributed by atoms with Crippen molar-refractivity contribution in [1.29, 1.82) is 0 Å². The van der Waals surface area contributed by atoms with Gasteiger partial charge in [-0.1, -0.05) is 39.8 Å². The standard InChI is InChI=1S/C27H39F2N3O2/c1-17(15-23(31-30-5)24-21(28)11-8-12-22(24)29)20-13-14-27(4,26(20,2)3)25(34)32(6)18-9-7-10-19(33)16-18/h8,11-12,15,17-20,33H,7,9-10,13-14,16H2,1-6H3/b23-15-,31-30?/t17?,18?,19?,20?,27-/m1/s1. The molecule has 2 saturated carbocycles. The molecule has 1 aromatic rings. The zero-order valence-electron chi connectivity index (χ0n) is 21.3. The molecule has 5 atom stereocenters. The first kappa shape index (κ1) is 26.5. The number of aliphatic hydroxyl groups excluding tert-OH is 1. The van der Waals surface area contributed by atoms with E-state index >= 15 is 0 Å². The van der Waals surface area contributed by atoms with Crippen molar-refractivity contribution in [3.05, 3.63) is 41.5 Å². The fourth-order valence-electron chi connectivity index (χ4n) is 6.27. The molecule has 5 nitrogen and oxygen atoms in total. The predicted octanol–water partition coefficient (Wildman–Crippen LogP) is 6.23. The molecule has 0 spiro atoms. The molecule has 1 aromatic carbocycles. The molecule has 2 aliphatic carbocycles. The van der Waals surface area contributed by atoms with E-state index in [4.69, 9.17) is 0 Å². The lowest BCUT2D eigenvalue weighted by molar-refractivity contribution is -0.150. The Morgan fingerprint density at radius 3 is 2.44 bits per heavy atom. The summed E-state index contributed by atoms with van der Waals surface area (Å²) in [5.41, 5.74) is -0.934. The average Bonchev–Trinajstić information content (AvgIpc) is 3.02. The number of carbonyl (C=O) groups excluding carboxylic acids is 1. The molecule has 0 aliphatic heterocycles. The number of halogens is 2. The summed E-state index contributed by atoms with van der Waals surface area (Å²) in [6, 6.07) is 3.82. The van der Waals surface area contributed by atoms with Crippen LogP contribution in [0.5, 0.6) is 0 Å². The highest BCUT2D eigenvalue weighted by molar-refractivity contribution is 5.84. The van der Waals surface area contributed by atoms with Gasteiger partial charge in [-0.25, -0.2) is 8.78 Å². The summed E-state index contributed by atoms with van der Waals surface area (Å²) in [6.07, 6.45) is 6.27. The molecule has 0 heterocycles. The largest absolute Gasteiger partial charge is 0.393 e. The fourth-order valence-corrected chi connectivity index (χ4v) is 6.27. The maximum Gasteiger partial charge on any atom is 0.229 e. The Balaban J connectivity index is 1.87. The lowest BCUT2D eigenvalue weighted by atomic mass is 9.62. The van der Waals surface area contributed by atoms with Gasteiger partial charge in [0.25, 0.3) is 0 Å². The molecule has 0 radical (unpaired) electrons. The minimum atomic E-state index is -0.673. The number of aliphatic hydroxyl groups is 1. The summed E-state index contributed by atoms with van der Waals surface area (Å²) < 4.78 is 29.0. The zero-order chi connectivity index (χ0) is 25.3. The average molecular weight is 476 g/mol. The molecule has 1 amide bonds. The first-order chi connectivity index (χ1) is 15.9. The molecule has 4 unspecified atom stereocenters. The van der Waals surface area contributed by atoms with Crippen molar-refractivity contribution >= 4 is 11.6 Å². The van der Waals surface area contributed by atoms with Crippen molar-refractivity contribution in [2.75, 3.05) is 14.1 Å². The van der Waals surface area contributed by atoms with Crippen LogP contribution in [0.15, 0.2) is 34.5 Å². The molecular formula is C27H39F2N3O2. The second-order valence-corrected chi connectivity index (χ2v) is 10.9. The molecule has 0 bridgehead atoms. The van der Waals surface area contributed by atoms with Gasteiger partial charge in [0.2, 0.25) is 5.91 Å². The molecule has 188 valence electrons. The molecule has 1 N–H and O–H groups in total. The lowest BCUT2D eigenvalue weighted by Gasteiger charge is -2.46. The first-order valence-electron chi connectivity index (χ1n) is 12.4. The van der Waals surface area contributed by atoms with Crippen molar-refractivity contribution in [2.45, 2.75) is 78.4 Å². The molecule has 0 saturated heterocycles. The van der Waals surface area contributed by atoms with E-state index in [-0.39, 0.29) is 46.6 Å². The Hall–Kier alpha value is -2.15. The van der Waals surface area contributed by atoms with Crippen LogP contribution in [-0.4, -0.2) is 42.2 Å². The minimum Gasteiger partial charge on any atom is -0.393 e. The second-order valence-electron chi connectivity index (χ2n) is 10.9. The Kier molecular flexibility index (Phi) is 7.96. The van der Waals surface area contributed by atoms with Crippen LogP contribution in [0.3, 0.4) is 0 Å². The van der Waals surface area contributed by atoms with Crippen LogP contribution < -0.4 is 0 Å². The summed E-state index contributed by atoms with van der Waals surface area (Å²) in [7, 11) is 3.34. The summed E-state index contributed by atoms with van der Waals surface area (Å²) in [5, 5.41) is 17.9. The maximum absolute atomic E-state index is 14.5. The molecule has 7 heteroatoms. The van der Waals surface area contributed by atoms with Crippen LogP contribution >= 0.6 is 0 Å². The van der Waals surface area contributed by atoms with Gasteiger partial charge in [-0.3, -0.25) is 4.79 Å². The van der Waals surface area contributed by atoms with Crippen molar-refractivity contribution in [3.8, 4) is 0 Å². The quantitative estimate of drug-likeness (QED) is 0.496. The molecule has 34 heavy (non-hydrogen) atoms. The number of amides is 1. The number of carbonyl (C=O) groups is 1. The zero-order valence-corrected chi connectivity index (χ0v) is 21.3. The monoisotopic (exact) mass is 475 g/mol. The normalized spacial score (nSPS) is 30.5. The first-order valence-corrected chi connectivity index (χ1v) is 12.4. The van der Waals surface area contributed by atoms with Crippen LogP contribution in [-0.2, 0) is 4.79 Å². The van der Waals surface area contributed by atoms with E-state index in [2.05, 4.69) is 24.1 Å². The number of nitrogens with zero attached hydrogens (tertiary/aromatic N) is 3. The van der Waals surface area contributed by atoms with Gasteiger partial charge in [-0.05, 0) is 67.9 Å². The topological polar surface area (TPSA) is 65.3 Å². The van der Waals surface area contributed by atoms with E-state index in [1.54, 1.807) is 6.08 Å². The Labute approximate surface area is 202 Å². The van der Waals surface area contributed by atoms with Gasteiger partial charge in [0, 0.05) is 20.1 Å². The van der Waals surface area contributed by atoms with Crippen LogP contribution in [0, 0.1) is 34.3 Å². The van der Waals surface area contributed by atoms with Crippen molar-refractivity contribution in [2.24, 2.45) is 32.9 Å². The number of azo groups is 1. The summed E-state index contributed by atoms with van der Waals surface area (Å²) >= 11 is 0. The molecular weight excluding hydrogens is 436 g/mol. The third-order valence-corrected chi connectivity index (χ3v) is 8.75. The number of rotatable bonds is 6. The van der Waals surface area contributed by atoms with Gasteiger partial charge >= 0.3 is 0 Å². The lowest BCUT2D eigenvalue weighted by Crippen LogP contribution is -2.52. The van der Waals surface area contributed by atoms with Gasteiger partial charge in [0.15, 0.2) is 0 Å². The molecule has 2 fully saturated rings. The number of allylic oxidation sites excluding steroid dienone is 1. The second kappa shape index (κ2) is 10.2. The smallest absolute Gasteiger partial charge is 0.229 e. The maximum atomic E-state index is 14.5. The van der Waals surface area contributed by atoms with Gasteiger partial charge < -0.3 is 10.0 Å². The number of hydrogen-bond acceptors (Lipinski definition) is 4. The predicted molar refractivity (Wildman–Crippen MR) is 130 cm³/mol. The van der Waals surface area contributed by atoms with E-state index in [9.17, 15) is 18.7 Å². The van der Waals surface area contributed by atoms with Crippen LogP contribution in [0.25, 0.3) is 5.70 Å². The fraction of sp³-hybridized carbons (Fsp3) is 0.667. The summed E-state index contributed by atoms with van der Waals surface area (Å²) in [4.78, 5) is 15.6. The van der Waals surface area contributed by atoms with Crippen LogP contribution in [0.1, 0.15) is 71.8 Å². The number of hydrogen-bond donors (Lipinski definition) is 1. The molecule has 3 rings (SSSR count). The van der Waals surface area contributed by atoms with Crippen molar-refractivity contribution < 1.29 is 18.7 Å². The molecule has 2 aliphatic rings. The highest BCUT2D eigenvalue weighted by atomic mass is 19.1. The van der Waals surface area contributed by atoms with E-state index < -0.39 is 17.0 Å². The van der Waals surface area contributed by atoms with Crippen LogP contribution in [0.4, 0.5) is 8.78 Å². The Bertz CT molecular complexity index is 941. The number of benzene rings is 1. The molecule has 0 aromatic heterocycles. The third-order valence-electron chi connectivity index (χ3n) is 8.75.